The molecule has 0 atom stereocenters. The van der Waals surface area contributed by atoms with Crippen LogP contribution in [0.3, 0.4) is 0 Å². The van der Waals surface area contributed by atoms with Gasteiger partial charge in [-0.1, -0.05) is 72.8 Å². The average Bonchev–Trinajstić information content (AvgIpc) is 2.62. The van der Waals surface area contributed by atoms with Crippen LogP contribution in [0, 0.1) is 0 Å². The van der Waals surface area contributed by atoms with Crippen LogP contribution in [0.15, 0.2) is 72.8 Å². The minimum absolute atomic E-state index is 0.667. The zero-order chi connectivity index (χ0) is 15.4. The largest absolute Gasteiger partial charge is 0.298 e. The molecule has 0 unspecified atom stereocenters. The fourth-order valence-electron chi connectivity index (χ4n) is 2.46. The summed E-state index contributed by atoms with van der Waals surface area (Å²) in [7, 11) is 0. The molecule has 0 saturated carbocycles. The van der Waals surface area contributed by atoms with Crippen molar-refractivity contribution in [3.05, 3.63) is 83.9 Å². The summed E-state index contributed by atoms with van der Waals surface area (Å²) in [6.45, 7) is 0. The van der Waals surface area contributed by atoms with Crippen LogP contribution in [0.4, 0.5) is 0 Å². The lowest BCUT2D eigenvalue weighted by molar-refractivity contribution is 0.111. The van der Waals surface area contributed by atoms with E-state index in [0.717, 1.165) is 34.8 Å². The number of hydrogen-bond donors (Lipinski definition) is 0. The predicted molar refractivity (Wildman–Crippen MR) is 88.1 cm³/mol. The number of rotatable bonds is 4. The van der Waals surface area contributed by atoms with Crippen molar-refractivity contribution in [1.82, 2.24) is 0 Å². The van der Waals surface area contributed by atoms with Gasteiger partial charge in [0.15, 0.2) is 6.29 Å². The molecule has 0 N–H and O–H groups in total. The maximum absolute atomic E-state index is 11.1. The van der Waals surface area contributed by atoms with Crippen LogP contribution in [0.1, 0.15) is 20.7 Å². The molecule has 0 amide bonds. The van der Waals surface area contributed by atoms with Crippen molar-refractivity contribution in [2.45, 2.75) is 0 Å². The fourth-order valence-corrected chi connectivity index (χ4v) is 2.46. The van der Waals surface area contributed by atoms with Crippen LogP contribution in [0.2, 0.25) is 0 Å². The molecule has 0 aliphatic carbocycles. The predicted octanol–water partition coefficient (Wildman–Crippen LogP) is 4.65. The summed E-state index contributed by atoms with van der Waals surface area (Å²) in [4.78, 5) is 21.8. The Bertz CT molecular complexity index is 800. The summed E-state index contributed by atoms with van der Waals surface area (Å²) in [5.74, 6) is 0. The molecule has 0 spiro atoms. The van der Waals surface area contributed by atoms with E-state index in [9.17, 15) is 9.59 Å². The molecule has 0 saturated heterocycles. The third kappa shape index (κ3) is 2.72. The second kappa shape index (κ2) is 6.19. The second-order valence-corrected chi connectivity index (χ2v) is 5.02. The lowest BCUT2D eigenvalue weighted by Gasteiger charge is -2.07. The lowest BCUT2D eigenvalue weighted by Crippen LogP contribution is -1.87. The van der Waals surface area contributed by atoms with Crippen molar-refractivity contribution in [2.75, 3.05) is 0 Å². The van der Waals surface area contributed by atoms with Crippen molar-refractivity contribution >= 4 is 12.6 Å². The Morgan fingerprint density at radius 1 is 0.545 bits per heavy atom. The molecule has 3 aromatic rings. The molecule has 0 heterocycles. The van der Waals surface area contributed by atoms with E-state index in [-0.39, 0.29) is 0 Å². The molecule has 0 aliphatic heterocycles. The fraction of sp³-hybridized carbons (Fsp3) is 0. The van der Waals surface area contributed by atoms with E-state index in [4.69, 9.17) is 0 Å². The third-order valence-corrected chi connectivity index (χ3v) is 3.66. The van der Waals surface area contributed by atoms with Gasteiger partial charge in [0.05, 0.1) is 0 Å². The minimum Gasteiger partial charge on any atom is -0.298 e. The highest BCUT2D eigenvalue weighted by Gasteiger charge is 2.04. The summed E-state index contributed by atoms with van der Waals surface area (Å²) >= 11 is 0. The van der Waals surface area contributed by atoms with Crippen molar-refractivity contribution in [3.8, 4) is 22.3 Å². The topological polar surface area (TPSA) is 34.1 Å². The maximum Gasteiger partial charge on any atom is 0.150 e. The Hall–Kier alpha value is -3.00. The van der Waals surface area contributed by atoms with Crippen LogP contribution in [-0.2, 0) is 0 Å². The van der Waals surface area contributed by atoms with Crippen molar-refractivity contribution in [2.24, 2.45) is 0 Å². The number of carbonyl (C=O) groups is 2. The molecule has 106 valence electrons. The first-order valence-electron chi connectivity index (χ1n) is 7.02. The molecule has 22 heavy (non-hydrogen) atoms. The average molecular weight is 286 g/mol. The standard InChI is InChI=1S/C20H14O2/c21-13-15-5-7-16(8-6-15)17-9-11-18(12-10-17)20-4-2-1-3-19(20)14-22/h1-14H. The van der Waals surface area contributed by atoms with E-state index in [1.54, 1.807) is 12.1 Å². The summed E-state index contributed by atoms with van der Waals surface area (Å²) in [6.07, 6.45) is 1.71. The summed E-state index contributed by atoms with van der Waals surface area (Å²) in [5, 5.41) is 0. The van der Waals surface area contributed by atoms with Gasteiger partial charge in [-0.2, -0.15) is 0 Å². The van der Waals surface area contributed by atoms with Crippen molar-refractivity contribution < 1.29 is 9.59 Å². The highest BCUT2D eigenvalue weighted by atomic mass is 16.1. The molecule has 0 aliphatic rings. The van der Waals surface area contributed by atoms with E-state index >= 15 is 0 Å². The molecular weight excluding hydrogens is 272 g/mol. The third-order valence-electron chi connectivity index (χ3n) is 3.66. The van der Waals surface area contributed by atoms with Gasteiger partial charge in [-0.15, -0.1) is 0 Å². The van der Waals surface area contributed by atoms with Crippen LogP contribution >= 0.6 is 0 Å². The number of aldehydes is 2. The van der Waals surface area contributed by atoms with Gasteiger partial charge in [-0.3, -0.25) is 9.59 Å². The van der Waals surface area contributed by atoms with Gasteiger partial charge < -0.3 is 0 Å². The van der Waals surface area contributed by atoms with E-state index in [1.165, 1.54) is 0 Å². The first-order chi connectivity index (χ1) is 10.8. The zero-order valence-corrected chi connectivity index (χ0v) is 11.9. The molecule has 0 bridgehead atoms. The SMILES string of the molecule is O=Cc1ccc(-c2ccc(-c3ccccc3C=O)cc2)cc1. The highest BCUT2D eigenvalue weighted by molar-refractivity contribution is 5.88. The van der Waals surface area contributed by atoms with Gasteiger partial charge in [-0.05, 0) is 22.3 Å². The zero-order valence-electron chi connectivity index (χ0n) is 11.9. The van der Waals surface area contributed by atoms with Crippen molar-refractivity contribution in [1.29, 1.82) is 0 Å². The van der Waals surface area contributed by atoms with Crippen LogP contribution in [-0.4, -0.2) is 12.6 Å². The van der Waals surface area contributed by atoms with Gasteiger partial charge in [-0.25, -0.2) is 0 Å². The first-order valence-corrected chi connectivity index (χ1v) is 7.02. The molecular formula is C20H14O2. The Kier molecular flexibility index (Phi) is 3.92. The van der Waals surface area contributed by atoms with E-state index in [1.807, 2.05) is 60.7 Å². The number of benzene rings is 3. The van der Waals surface area contributed by atoms with Gasteiger partial charge >= 0.3 is 0 Å². The summed E-state index contributed by atoms with van der Waals surface area (Å²) in [6, 6.07) is 23.1. The molecule has 2 nitrogen and oxygen atoms in total. The summed E-state index contributed by atoms with van der Waals surface area (Å²) < 4.78 is 0. The second-order valence-electron chi connectivity index (χ2n) is 5.02. The molecule has 2 heteroatoms. The Labute approximate surface area is 129 Å². The number of hydrogen-bond acceptors (Lipinski definition) is 2. The Morgan fingerprint density at radius 3 is 1.68 bits per heavy atom. The van der Waals surface area contributed by atoms with Crippen LogP contribution in [0.5, 0.6) is 0 Å². The number of carbonyl (C=O) groups excluding carboxylic acids is 2. The lowest BCUT2D eigenvalue weighted by atomic mass is 9.97. The maximum atomic E-state index is 11.1. The Morgan fingerprint density at radius 2 is 1.09 bits per heavy atom. The molecule has 0 aromatic heterocycles. The molecule has 3 aromatic carbocycles. The monoisotopic (exact) mass is 286 g/mol. The molecule has 3 rings (SSSR count). The summed E-state index contributed by atoms with van der Waals surface area (Å²) in [5.41, 5.74) is 5.42. The smallest absolute Gasteiger partial charge is 0.150 e. The first kappa shape index (κ1) is 14.0. The highest BCUT2D eigenvalue weighted by Crippen LogP contribution is 2.26. The Balaban J connectivity index is 1.95. The quantitative estimate of drug-likeness (QED) is 0.654. The van der Waals surface area contributed by atoms with Gasteiger partial charge in [0.2, 0.25) is 0 Å². The normalized spacial score (nSPS) is 10.2. The molecule has 0 fully saturated rings. The van der Waals surface area contributed by atoms with Gasteiger partial charge in [0, 0.05) is 11.1 Å². The molecule has 0 radical (unpaired) electrons. The van der Waals surface area contributed by atoms with E-state index in [2.05, 4.69) is 0 Å². The minimum atomic E-state index is 0.667. The van der Waals surface area contributed by atoms with Crippen molar-refractivity contribution in [3.63, 3.8) is 0 Å². The van der Waals surface area contributed by atoms with Crippen LogP contribution < -0.4 is 0 Å². The van der Waals surface area contributed by atoms with Gasteiger partial charge in [0.25, 0.3) is 0 Å². The van der Waals surface area contributed by atoms with Crippen LogP contribution in [0.25, 0.3) is 22.3 Å². The van der Waals surface area contributed by atoms with E-state index in [0.29, 0.717) is 11.1 Å². The van der Waals surface area contributed by atoms with E-state index < -0.39 is 0 Å². The van der Waals surface area contributed by atoms with Gasteiger partial charge in [0.1, 0.15) is 6.29 Å².